The number of thiophene rings is 1. The molecule has 0 aliphatic heterocycles. The summed E-state index contributed by atoms with van der Waals surface area (Å²) in [5.41, 5.74) is 5.05. The minimum absolute atomic E-state index is 0.0206. The number of anilines is 1. The second-order valence-corrected chi connectivity index (χ2v) is 11.5. The van der Waals surface area contributed by atoms with Gasteiger partial charge in [0.05, 0.1) is 36.3 Å². The van der Waals surface area contributed by atoms with Crippen molar-refractivity contribution in [2.75, 3.05) is 24.8 Å². The van der Waals surface area contributed by atoms with Crippen LogP contribution in [-0.4, -0.2) is 36.3 Å². The van der Waals surface area contributed by atoms with Gasteiger partial charge in [0, 0.05) is 16.0 Å². The summed E-state index contributed by atoms with van der Waals surface area (Å²) in [7, 11) is 1.61. The van der Waals surface area contributed by atoms with E-state index >= 15 is 0 Å². The Morgan fingerprint density at radius 1 is 1.07 bits per heavy atom. The fourth-order valence-electron chi connectivity index (χ4n) is 4.86. The number of benzene rings is 2. The predicted octanol–water partition coefficient (Wildman–Crippen LogP) is 7.14. The van der Waals surface area contributed by atoms with Crippen LogP contribution in [0, 0.1) is 11.3 Å². The summed E-state index contributed by atoms with van der Waals surface area (Å²) in [6.45, 7) is 2.04. The van der Waals surface area contributed by atoms with Crippen molar-refractivity contribution < 1.29 is 19.1 Å². The molecule has 2 aromatic carbocycles. The second-order valence-electron chi connectivity index (χ2n) is 9.41. The molecule has 4 aromatic rings. The van der Waals surface area contributed by atoms with Crippen LogP contribution in [0.5, 0.6) is 5.75 Å². The Morgan fingerprint density at radius 3 is 2.54 bits per heavy atom. The van der Waals surface area contributed by atoms with Crippen LogP contribution in [0.4, 0.5) is 5.00 Å². The molecule has 2 aromatic heterocycles. The summed E-state index contributed by atoms with van der Waals surface area (Å²) in [5.74, 6) is 0.0598. The van der Waals surface area contributed by atoms with Gasteiger partial charge in [0.25, 0.3) is 0 Å². The molecule has 1 aliphatic rings. The number of ether oxygens (including phenoxy) is 2. The van der Waals surface area contributed by atoms with Crippen molar-refractivity contribution >= 4 is 40.0 Å². The van der Waals surface area contributed by atoms with Crippen LogP contribution in [0.3, 0.4) is 0 Å². The number of thioether (sulfide) groups is 1. The number of nitrogens with zero attached hydrogens (tertiary/aromatic N) is 2. The van der Waals surface area contributed by atoms with Crippen LogP contribution in [0.1, 0.15) is 46.1 Å². The van der Waals surface area contributed by atoms with Gasteiger partial charge in [-0.25, -0.2) is 9.78 Å². The number of rotatable bonds is 9. The lowest BCUT2D eigenvalue weighted by Crippen LogP contribution is -2.17. The van der Waals surface area contributed by atoms with Gasteiger partial charge < -0.3 is 14.8 Å². The van der Waals surface area contributed by atoms with Crippen molar-refractivity contribution in [3.05, 3.63) is 82.2 Å². The molecule has 41 heavy (non-hydrogen) atoms. The molecule has 5 rings (SSSR count). The number of amides is 1. The Bertz CT molecular complexity index is 1610. The molecule has 1 N–H and O–H groups in total. The number of aromatic nitrogens is 1. The number of carbonyl (C=O) groups excluding carboxylic acids is 2. The molecular weight excluding hydrogens is 555 g/mol. The lowest BCUT2D eigenvalue weighted by Gasteiger charge is -2.13. The van der Waals surface area contributed by atoms with Gasteiger partial charge in [0.2, 0.25) is 5.91 Å². The monoisotopic (exact) mass is 583 g/mol. The quantitative estimate of drug-likeness (QED) is 0.165. The largest absolute Gasteiger partial charge is 0.497 e. The number of hydrogen-bond donors (Lipinski definition) is 1. The molecule has 0 atom stereocenters. The highest BCUT2D eigenvalue weighted by atomic mass is 32.2. The zero-order valence-electron chi connectivity index (χ0n) is 22.9. The van der Waals surface area contributed by atoms with E-state index in [1.807, 2.05) is 60.7 Å². The van der Waals surface area contributed by atoms with E-state index in [1.54, 1.807) is 14.0 Å². The fraction of sp³-hybridized carbons (Fsp3) is 0.250. The van der Waals surface area contributed by atoms with Crippen molar-refractivity contribution in [3.8, 4) is 34.2 Å². The zero-order valence-corrected chi connectivity index (χ0v) is 24.5. The predicted molar refractivity (Wildman–Crippen MR) is 163 cm³/mol. The topological polar surface area (TPSA) is 101 Å². The van der Waals surface area contributed by atoms with Gasteiger partial charge in [0.1, 0.15) is 21.8 Å². The van der Waals surface area contributed by atoms with Crippen LogP contribution < -0.4 is 10.1 Å². The minimum atomic E-state index is -0.400. The molecule has 7 nitrogen and oxygen atoms in total. The summed E-state index contributed by atoms with van der Waals surface area (Å²) >= 11 is 2.66. The van der Waals surface area contributed by atoms with Crippen molar-refractivity contribution in [3.63, 3.8) is 0 Å². The Balaban J connectivity index is 1.45. The Labute approximate surface area is 247 Å². The van der Waals surface area contributed by atoms with E-state index in [2.05, 4.69) is 11.4 Å². The maximum absolute atomic E-state index is 13.2. The second kappa shape index (κ2) is 13.0. The van der Waals surface area contributed by atoms with Gasteiger partial charge in [-0.15, -0.1) is 11.3 Å². The van der Waals surface area contributed by atoms with Crippen molar-refractivity contribution in [2.24, 2.45) is 0 Å². The van der Waals surface area contributed by atoms with Gasteiger partial charge in [-0.2, -0.15) is 5.26 Å². The summed E-state index contributed by atoms with van der Waals surface area (Å²) in [6, 6.07) is 21.4. The number of esters is 1. The van der Waals surface area contributed by atoms with Crippen molar-refractivity contribution in [1.29, 1.82) is 5.26 Å². The van der Waals surface area contributed by atoms with Gasteiger partial charge in [-0.1, -0.05) is 54.2 Å². The molecule has 9 heteroatoms. The Kier molecular flexibility index (Phi) is 9.02. The molecule has 208 valence electrons. The first-order chi connectivity index (χ1) is 20.0. The van der Waals surface area contributed by atoms with Gasteiger partial charge in [-0.05, 0) is 61.9 Å². The fourth-order valence-corrected chi connectivity index (χ4v) is 6.96. The van der Waals surface area contributed by atoms with Crippen LogP contribution in [0.15, 0.2) is 65.7 Å². The van der Waals surface area contributed by atoms with E-state index in [0.717, 1.165) is 52.8 Å². The molecular formula is C32H29N3O4S2. The highest BCUT2D eigenvalue weighted by molar-refractivity contribution is 8.00. The number of methoxy groups -OCH3 is 1. The molecule has 0 fully saturated rings. The number of hydrogen-bond acceptors (Lipinski definition) is 8. The third-order valence-electron chi connectivity index (χ3n) is 6.81. The van der Waals surface area contributed by atoms with E-state index < -0.39 is 5.97 Å². The Morgan fingerprint density at radius 2 is 1.83 bits per heavy atom. The van der Waals surface area contributed by atoms with Crippen LogP contribution in [-0.2, 0) is 22.4 Å². The van der Waals surface area contributed by atoms with Gasteiger partial charge in [0.15, 0.2) is 0 Å². The molecule has 1 amide bonds. The summed E-state index contributed by atoms with van der Waals surface area (Å²) in [6.07, 6.45) is 3.78. The average Bonchev–Trinajstić information content (AvgIpc) is 3.38. The minimum Gasteiger partial charge on any atom is -0.497 e. The van der Waals surface area contributed by atoms with E-state index in [0.29, 0.717) is 32.6 Å². The first kappa shape index (κ1) is 28.4. The number of aryl methyl sites for hydroxylation is 1. The van der Waals surface area contributed by atoms with Crippen LogP contribution in [0.2, 0.25) is 0 Å². The first-order valence-electron chi connectivity index (χ1n) is 13.4. The number of pyridine rings is 1. The Hall–Kier alpha value is -4.13. The summed E-state index contributed by atoms with van der Waals surface area (Å²) < 4.78 is 10.6. The normalized spacial score (nSPS) is 12.2. The zero-order chi connectivity index (χ0) is 28.8. The smallest absolute Gasteiger partial charge is 0.341 e. The first-order valence-corrected chi connectivity index (χ1v) is 15.2. The number of nitriles is 1. The van der Waals surface area contributed by atoms with E-state index in [-0.39, 0.29) is 18.3 Å². The SMILES string of the molecule is CCOC(=O)c1c(NC(=O)CSc2nc(-c3ccccc3)cc(-c3ccc(OC)cc3)c2C#N)sc2c1CCCC2. The third-order valence-corrected chi connectivity index (χ3v) is 9.00. The average molecular weight is 584 g/mol. The molecule has 0 saturated heterocycles. The van der Waals surface area contributed by atoms with Gasteiger partial charge in [-0.3, -0.25) is 4.79 Å². The number of fused-ring (bicyclic) bond motifs is 1. The number of nitrogens with one attached hydrogen (secondary N) is 1. The third kappa shape index (κ3) is 6.29. The highest BCUT2D eigenvalue weighted by Crippen LogP contribution is 2.39. The molecule has 0 spiro atoms. The summed E-state index contributed by atoms with van der Waals surface area (Å²) in [4.78, 5) is 31.9. The van der Waals surface area contributed by atoms with Crippen molar-refractivity contribution in [2.45, 2.75) is 37.6 Å². The maximum atomic E-state index is 13.2. The molecule has 0 bridgehead atoms. The molecule has 0 radical (unpaired) electrons. The van der Waals surface area contributed by atoms with Crippen LogP contribution >= 0.6 is 23.1 Å². The number of carbonyl (C=O) groups is 2. The van der Waals surface area contributed by atoms with Gasteiger partial charge >= 0.3 is 5.97 Å². The maximum Gasteiger partial charge on any atom is 0.341 e. The molecule has 0 saturated carbocycles. The van der Waals surface area contributed by atoms with Crippen molar-refractivity contribution in [1.82, 2.24) is 4.98 Å². The van der Waals surface area contributed by atoms with E-state index in [4.69, 9.17) is 14.5 Å². The molecule has 2 heterocycles. The summed E-state index contributed by atoms with van der Waals surface area (Å²) in [5, 5.41) is 14.1. The molecule has 0 unspecified atom stereocenters. The lowest BCUT2D eigenvalue weighted by atomic mass is 9.95. The molecule has 1 aliphatic carbocycles. The van der Waals surface area contributed by atoms with E-state index in [9.17, 15) is 14.9 Å². The van der Waals surface area contributed by atoms with E-state index in [1.165, 1.54) is 23.1 Å². The standard InChI is InChI=1S/C32H29N3O4S2/c1-3-39-32(37)29-23-11-7-8-12-27(23)41-31(29)35-28(36)19-40-30-25(18-33)24(20-13-15-22(38-2)16-14-20)17-26(34-30)21-9-5-4-6-10-21/h4-6,9-10,13-17H,3,7-8,11-12,19H2,1-2H3,(H,35,36). The highest BCUT2D eigenvalue weighted by Gasteiger charge is 2.27. The van der Waals surface area contributed by atoms with Crippen LogP contribution in [0.25, 0.3) is 22.4 Å². The lowest BCUT2D eigenvalue weighted by molar-refractivity contribution is -0.113.